The van der Waals surface area contributed by atoms with Crippen LogP contribution in [-0.4, -0.2) is 63.8 Å². The minimum absolute atomic E-state index is 0.0609. The van der Waals surface area contributed by atoms with Crippen molar-refractivity contribution in [1.29, 1.82) is 0 Å². The van der Waals surface area contributed by atoms with Crippen molar-refractivity contribution in [3.8, 4) is 0 Å². The number of nitrogens with zero attached hydrogens (tertiary/aromatic N) is 4. The second-order valence-corrected chi connectivity index (χ2v) is 12.5. The van der Waals surface area contributed by atoms with E-state index in [4.69, 9.17) is 23.2 Å². The number of rotatable bonds is 11. The molecule has 2 heterocycles. The van der Waals surface area contributed by atoms with Gasteiger partial charge in [-0.15, -0.1) is 0 Å². The third kappa shape index (κ3) is 7.35. The van der Waals surface area contributed by atoms with Crippen molar-refractivity contribution in [2.24, 2.45) is 5.92 Å². The summed E-state index contributed by atoms with van der Waals surface area (Å²) in [6.45, 7) is 3.96. The van der Waals surface area contributed by atoms with Crippen LogP contribution < -0.4 is 0 Å². The highest BCUT2D eigenvalue weighted by molar-refractivity contribution is 7.89. The monoisotopic (exact) mass is 560 g/mol. The van der Waals surface area contributed by atoms with E-state index in [1.165, 1.54) is 11.2 Å². The maximum Gasteiger partial charge on any atom is 0.233 e. The van der Waals surface area contributed by atoms with Gasteiger partial charge in [-0.05, 0) is 62.6 Å². The summed E-state index contributed by atoms with van der Waals surface area (Å²) < 4.78 is 41.2. The van der Waals surface area contributed by atoms with Crippen LogP contribution >= 0.6 is 23.2 Å². The topological polar surface area (TPSA) is 104 Å². The molecule has 2 atom stereocenters. The van der Waals surface area contributed by atoms with Gasteiger partial charge in [0, 0.05) is 29.1 Å². The molecule has 0 unspecified atom stereocenters. The quantitative estimate of drug-likeness (QED) is 0.243. The van der Waals surface area contributed by atoms with Crippen molar-refractivity contribution >= 4 is 39.6 Å². The summed E-state index contributed by atoms with van der Waals surface area (Å²) in [6.07, 6.45) is 5.39. The summed E-state index contributed by atoms with van der Waals surface area (Å²) in [6, 6.07) is 5.44. The average Bonchev–Trinajstić information content (AvgIpc) is 2.83. The van der Waals surface area contributed by atoms with Crippen molar-refractivity contribution in [2.45, 2.75) is 57.4 Å². The van der Waals surface area contributed by atoms with Gasteiger partial charge < -0.3 is 0 Å². The summed E-state index contributed by atoms with van der Waals surface area (Å²) in [5, 5.41) is 11.9. The first-order valence-electron chi connectivity index (χ1n) is 11.8. The van der Waals surface area contributed by atoms with E-state index < -0.39 is 33.1 Å². The van der Waals surface area contributed by atoms with Crippen LogP contribution in [0.25, 0.3) is 0 Å². The minimum atomic E-state index is -3.80. The van der Waals surface area contributed by atoms with Crippen molar-refractivity contribution < 1.29 is 22.8 Å². The molecule has 0 radical (unpaired) electrons. The molecular formula is C24H31Cl2FN4O4S. The van der Waals surface area contributed by atoms with Gasteiger partial charge in [-0.2, -0.15) is 0 Å². The number of amides is 1. The third-order valence-corrected chi connectivity index (χ3v) is 9.50. The van der Waals surface area contributed by atoms with E-state index in [1.54, 1.807) is 13.0 Å². The van der Waals surface area contributed by atoms with Crippen molar-refractivity contribution in [3.05, 3.63) is 57.8 Å². The Morgan fingerprint density at radius 3 is 2.50 bits per heavy atom. The largest absolute Gasteiger partial charge is 0.286 e. The molecule has 1 saturated heterocycles. The molecule has 0 aliphatic carbocycles. The number of sulfonamides is 1. The number of aromatic nitrogens is 2. The molecule has 0 bridgehead atoms. The highest BCUT2D eigenvalue weighted by Crippen LogP contribution is 2.32. The highest BCUT2D eigenvalue weighted by Gasteiger charge is 2.41. The number of piperidine rings is 1. The molecule has 1 aromatic heterocycles. The lowest BCUT2D eigenvalue weighted by Gasteiger charge is -2.38. The molecule has 1 amide bonds. The van der Waals surface area contributed by atoms with E-state index in [0.717, 1.165) is 30.8 Å². The van der Waals surface area contributed by atoms with Gasteiger partial charge >= 0.3 is 0 Å². The normalized spacial score (nSPS) is 17.9. The van der Waals surface area contributed by atoms with Gasteiger partial charge in [0.25, 0.3) is 0 Å². The molecule has 0 spiro atoms. The number of hydroxylamine groups is 2. The molecule has 1 aliphatic rings. The number of benzene rings is 1. The van der Waals surface area contributed by atoms with Gasteiger partial charge in [-0.25, -0.2) is 32.1 Å². The fraction of sp³-hybridized carbons (Fsp3) is 0.542. The predicted octanol–water partition coefficient (Wildman–Crippen LogP) is 4.70. The minimum Gasteiger partial charge on any atom is -0.286 e. The summed E-state index contributed by atoms with van der Waals surface area (Å²) >= 11 is 12.2. The Morgan fingerprint density at radius 2 is 1.92 bits per heavy atom. The molecule has 8 nitrogen and oxygen atoms in total. The van der Waals surface area contributed by atoms with Gasteiger partial charge in [0.2, 0.25) is 16.4 Å². The summed E-state index contributed by atoms with van der Waals surface area (Å²) in [5.41, 5.74) is -0.414. The van der Waals surface area contributed by atoms with Crippen molar-refractivity contribution in [2.75, 3.05) is 18.8 Å². The predicted molar refractivity (Wildman–Crippen MR) is 136 cm³/mol. The Hall–Kier alpha value is -1.85. The van der Waals surface area contributed by atoms with E-state index in [1.807, 2.05) is 12.1 Å². The molecule has 1 aliphatic heterocycles. The Morgan fingerprint density at radius 1 is 1.28 bits per heavy atom. The fourth-order valence-electron chi connectivity index (χ4n) is 4.72. The number of carbonyl (C=O) groups is 1. The van der Waals surface area contributed by atoms with Crippen LogP contribution in [0.2, 0.25) is 10.0 Å². The number of aryl methyl sites for hydroxylation is 1. The maximum atomic E-state index is 13.3. The molecule has 3 rings (SSSR count). The van der Waals surface area contributed by atoms with E-state index in [-0.39, 0.29) is 12.8 Å². The number of halogens is 3. The Bertz CT molecular complexity index is 1150. The lowest BCUT2D eigenvalue weighted by molar-refractivity contribution is -0.175. The van der Waals surface area contributed by atoms with E-state index in [2.05, 4.69) is 9.97 Å². The fourth-order valence-corrected chi connectivity index (χ4v) is 7.21. The maximum absolute atomic E-state index is 13.3. The lowest BCUT2D eigenvalue weighted by atomic mass is 9.90. The molecule has 0 saturated carbocycles. The second kappa shape index (κ2) is 12.1. The zero-order valence-electron chi connectivity index (χ0n) is 20.3. The van der Waals surface area contributed by atoms with Gasteiger partial charge in [0.15, 0.2) is 5.82 Å². The molecular weight excluding hydrogens is 530 g/mol. The van der Waals surface area contributed by atoms with Crippen molar-refractivity contribution in [1.82, 2.24) is 19.3 Å². The average molecular weight is 562 g/mol. The van der Waals surface area contributed by atoms with Gasteiger partial charge in [-0.1, -0.05) is 36.2 Å². The van der Waals surface area contributed by atoms with E-state index in [9.17, 15) is 22.8 Å². The Labute approximate surface area is 221 Å². The molecule has 198 valence electrons. The third-order valence-electron chi connectivity index (χ3n) is 6.78. The smallest absolute Gasteiger partial charge is 0.233 e. The van der Waals surface area contributed by atoms with Crippen molar-refractivity contribution in [3.63, 3.8) is 0 Å². The number of hydrogen-bond donors (Lipinski definition) is 1. The van der Waals surface area contributed by atoms with Crippen LogP contribution in [0.4, 0.5) is 4.39 Å². The number of hydrogen-bond acceptors (Lipinski definition) is 6. The standard InChI is InChI=1S/C24H31Cl2FN4O4S/c1-17(23-28-13-21(27)14-29-23)12-24(2,31(33)16-32)15-36(34,35)30-9-7-18(8-10-30)3-4-19-5-6-20(25)11-22(19)26/h5-6,11,13-14,16-18,33H,3-4,7-10,12,15H2,1-2H3/t17-,24-/m0/s1. The molecule has 1 N–H and O–H groups in total. The van der Waals surface area contributed by atoms with Gasteiger partial charge in [0.05, 0.1) is 23.7 Å². The van der Waals surface area contributed by atoms with Crippen LogP contribution in [-0.2, 0) is 21.2 Å². The second-order valence-electron chi connectivity index (χ2n) is 9.68. The molecule has 36 heavy (non-hydrogen) atoms. The van der Waals surface area contributed by atoms with Crippen LogP contribution in [0.1, 0.15) is 56.8 Å². The molecule has 12 heteroatoms. The first-order valence-corrected chi connectivity index (χ1v) is 14.1. The van der Waals surface area contributed by atoms with Crippen LogP contribution in [0, 0.1) is 11.7 Å². The first-order chi connectivity index (χ1) is 16.9. The number of carbonyl (C=O) groups excluding carboxylic acids is 1. The Balaban J connectivity index is 1.61. The van der Waals surface area contributed by atoms with Crippen LogP contribution in [0.15, 0.2) is 30.6 Å². The van der Waals surface area contributed by atoms with Crippen LogP contribution in [0.3, 0.4) is 0 Å². The highest BCUT2D eigenvalue weighted by atomic mass is 35.5. The van der Waals surface area contributed by atoms with Gasteiger partial charge in [-0.3, -0.25) is 10.0 Å². The Kier molecular flexibility index (Phi) is 9.68. The van der Waals surface area contributed by atoms with E-state index >= 15 is 0 Å². The molecule has 2 aromatic rings. The summed E-state index contributed by atoms with van der Waals surface area (Å²) in [5.74, 6) is -0.847. The summed E-state index contributed by atoms with van der Waals surface area (Å²) in [7, 11) is -3.80. The molecule has 1 aromatic carbocycles. The molecule has 1 fully saturated rings. The first kappa shape index (κ1) is 28.7. The van der Waals surface area contributed by atoms with Gasteiger partial charge in [0.1, 0.15) is 5.82 Å². The van der Waals surface area contributed by atoms with Crippen LogP contribution in [0.5, 0.6) is 0 Å². The zero-order valence-corrected chi connectivity index (χ0v) is 22.6. The zero-order chi connectivity index (χ0) is 26.5. The van der Waals surface area contributed by atoms with E-state index in [0.29, 0.717) is 52.8 Å². The summed E-state index contributed by atoms with van der Waals surface area (Å²) in [4.78, 5) is 19.3. The lowest BCUT2D eigenvalue weighted by Crippen LogP contribution is -2.53. The SMILES string of the molecule is C[C@@H](C[C@@](C)(CS(=O)(=O)N1CCC(CCc2ccc(Cl)cc2Cl)CC1)N(O)C=O)c1ncc(F)cn1.